The molecule has 4 heteroatoms. The summed E-state index contributed by atoms with van der Waals surface area (Å²) < 4.78 is 0. The number of carbonyl (C=O) groups is 1. The van der Waals surface area contributed by atoms with Crippen molar-refractivity contribution in [1.29, 1.82) is 0 Å². The van der Waals surface area contributed by atoms with Gasteiger partial charge >= 0.3 is 0 Å². The Kier molecular flexibility index (Phi) is 4.80. The summed E-state index contributed by atoms with van der Waals surface area (Å²) in [6, 6.07) is 1.92. The molecule has 0 aromatic carbocycles. The van der Waals surface area contributed by atoms with Gasteiger partial charge in [0.2, 0.25) is 0 Å². The number of carbonyl (C=O) groups excluding carboxylic acids is 1. The first-order valence-corrected chi connectivity index (χ1v) is 6.57. The third-order valence-electron chi connectivity index (χ3n) is 2.37. The van der Waals surface area contributed by atoms with Crippen LogP contribution in [-0.2, 0) is 0 Å². The summed E-state index contributed by atoms with van der Waals surface area (Å²) in [5.41, 5.74) is 6.45. The van der Waals surface area contributed by atoms with E-state index in [4.69, 9.17) is 5.73 Å². The molecule has 0 atom stereocenters. The van der Waals surface area contributed by atoms with E-state index in [-0.39, 0.29) is 5.78 Å². The van der Waals surface area contributed by atoms with Crippen LogP contribution in [0.3, 0.4) is 0 Å². The van der Waals surface area contributed by atoms with Gasteiger partial charge in [0, 0.05) is 20.0 Å². The van der Waals surface area contributed by atoms with Gasteiger partial charge in [-0.1, -0.05) is 13.8 Å². The summed E-state index contributed by atoms with van der Waals surface area (Å²) in [7, 11) is 0. The summed E-state index contributed by atoms with van der Waals surface area (Å²) in [6.45, 7) is 7.92. The Balaban J connectivity index is 2.92. The number of Topliss-reactive ketones (excluding diaryl/α,β-unsaturated/α-hetero) is 1. The number of ketones is 1. The van der Waals surface area contributed by atoms with Crippen molar-refractivity contribution in [3.05, 3.63) is 10.9 Å². The van der Waals surface area contributed by atoms with Crippen LogP contribution in [0.5, 0.6) is 0 Å². The maximum atomic E-state index is 11.3. The molecule has 90 valence electrons. The smallest absolute Gasteiger partial charge is 0.171 e. The van der Waals surface area contributed by atoms with Gasteiger partial charge in [-0.15, -0.1) is 11.3 Å². The highest BCUT2D eigenvalue weighted by molar-refractivity contribution is 7.18. The van der Waals surface area contributed by atoms with E-state index >= 15 is 0 Å². The summed E-state index contributed by atoms with van der Waals surface area (Å²) in [6.07, 6.45) is 2.21. The Hall–Kier alpha value is -1.03. The molecule has 16 heavy (non-hydrogen) atoms. The lowest BCUT2D eigenvalue weighted by Crippen LogP contribution is -2.23. The summed E-state index contributed by atoms with van der Waals surface area (Å²) in [5.74, 6) is 0.0571. The largest absolute Gasteiger partial charge is 0.397 e. The fraction of sp³-hybridized carbons (Fsp3) is 0.583. The Morgan fingerprint density at radius 2 is 1.94 bits per heavy atom. The minimum Gasteiger partial charge on any atom is -0.397 e. The second-order valence-electron chi connectivity index (χ2n) is 3.91. The van der Waals surface area contributed by atoms with Gasteiger partial charge in [-0.2, -0.15) is 0 Å². The van der Waals surface area contributed by atoms with Gasteiger partial charge in [-0.3, -0.25) is 4.79 Å². The van der Waals surface area contributed by atoms with Crippen LogP contribution in [0.15, 0.2) is 6.07 Å². The van der Waals surface area contributed by atoms with Crippen LogP contribution in [0, 0.1) is 0 Å². The normalized spacial score (nSPS) is 10.4. The van der Waals surface area contributed by atoms with Crippen molar-refractivity contribution in [1.82, 2.24) is 0 Å². The number of hydrogen-bond donors (Lipinski definition) is 1. The maximum absolute atomic E-state index is 11.3. The van der Waals surface area contributed by atoms with Gasteiger partial charge in [0.15, 0.2) is 5.78 Å². The Bertz CT molecular complexity index is 354. The van der Waals surface area contributed by atoms with Crippen LogP contribution in [0.25, 0.3) is 0 Å². The minimum atomic E-state index is 0.0571. The molecule has 0 spiro atoms. The Morgan fingerprint density at radius 3 is 2.31 bits per heavy atom. The average Bonchev–Trinajstić information content (AvgIpc) is 2.60. The highest BCUT2D eigenvalue weighted by Gasteiger charge is 2.14. The third-order valence-corrected chi connectivity index (χ3v) is 3.68. The molecule has 0 aliphatic carbocycles. The number of rotatable bonds is 6. The van der Waals surface area contributed by atoms with Gasteiger partial charge in [0.05, 0.1) is 15.6 Å². The second-order valence-corrected chi connectivity index (χ2v) is 4.94. The maximum Gasteiger partial charge on any atom is 0.171 e. The van der Waals surface area contributed by atoms with E-state index in [2.05, 4.69) is 18.7 Å². The van der Waals surface area contributed by atoms with Gasteiger partial charge in [-0.05, 0) is 18.9 Å². The summed E-state index contributed by atoms with van der Waals surface area (Å²) in [5, 5.41) is 1.12. The van der Waals surface area contributed by atoms with Gasteiger partial charge in [0.25, 0.3) is 0 Å². The fourth-order valence-corrected chi connectivity index (χ4v) is 2.72. The van der Waals surface area contributed by atoms with Crippen molar-refractivity contribution in [3.8, 4) is 0 Å². The van der Waals surface area contributed by atoms with E-state index in [9.17, 15) is 4.79 Å². The topological polar surface area (TPSA) is 46.3 Å². The monoisotopic (exact) mass is 240 g/mol. The second kappa shape index (κ2) is 5.89. The molecular weight excluding hydrogens is 220 g/mol. The van der Waals surface area contributed by atoms with E-state index in [1.54, 1.807) is 6.92 Å². The molecule has 1 heterocycles. The first kappa shape index (κ1) is 13.0. The highest BCUT2D eigenvalue weighted by atomic mass is 32.1. The lowest BCUT2D eigenvalue weighted by molar-refractivity contribution is 0.102. The van der Waals surface area contributed by atoms with E-state index in [0.717, 1.165) is 30.9 Å². The minimum absolute atomic E-state index is 0.0571. The quantitative estimate of drug-likeness (QED) is 0.777. The van der Waals surface area contributed by atoms with Crippen molar-refractivity contribution in [3.63, 3.8) is 0 Å². The van der Waals surface area contributed by atoms with Crippen molar-refractivity contribution >= 4 is 27.8 Å². The van der Waals surface area contributed by atoms with Gasteiger partial charge < -0.3 is 10.6 Å². The number of hydrogen-bond acceptors (Lipinski definition) is 4. The first-order valence-electron chi connectivity index (χ1n) is 5.75. The molecule has 0 saturated heterocycles. The van der Waals surface area contributed by atoms with Gasteiger partial charge in [0.1, 0.15) is 0 Å². The standard InChI is InChI=1S/C12H20N2OS/c1-4-6-14(7-5-2)11-8-10(13)12(16-11)9(3)15/h8H,4-7,13H2,1-3H3. The molecule has 1 aromatic heterocycles. The molecular formula is C12H20N2OS. The van der Waals surface area contributed by atoms with Crippen LogP contribution < -0.4 is 10.6 Å². The molecule has 0 saturated carbocycles. The molecule has 0 aliphatic heterocycles. The molecule has 0 radical (unpaired) electrons. The van der Waals surface area contributed by atoms with Crippen LogP contribution in [-0.4, -0.2) is 18.9 Å². The van der Waals surface area contributed by atoms with Crippen molar-refractivity contribution in [2.24, 2.45) is 0 Å². The molecule has 0 bridgehead atoms. The van der Waals surface area contributed by atoms with Crippen LogP contribution in [0.1, 0.15) is 43.3 Å². The molecule has 0 amide bonds. The highest BCUT2D eigenvalue weighted by Crippen LogP contribution is 2.32. The number of nitrogen functional groups attached to an aromatic ring is 1. The number of thiophene rings is 1. The molecule has 0 unspecified atom stereocenters. The van der Waals surface area contributed by atoms with E-state index in [1.807, 2.05) is 6.07 Å². The average molecular weight is 240 g/mol. The van der Waals surface area contributed by atoms with E-state index in [0.29, 0.717) is 10.6 Å². The van der Waals surface area contributed by atoms with Gasteiger partial charge in [-0.25, -0.2) is 0 Å². The lowest BCUT2D eigenvalue weighted by atomic mass is 10.3. The fourth-order valence-electron chi connectivity index (χ4n) is 1.69. The van der Waals surface area contributed by atoms with Crippen LogP contribution in [0.2, 0.25) is 0 Å². The van der Waals surface area contributed by atoms with Crippen LogP contribution >= 0.6 is 11.3 Å². The summed E-state index contributed by atoms with van der Waals surface area (Å²) >= 11 is 1.51. The molecule has 0 fully saturated rings. The molecule has 3 nitrogen and oxygen atoms in total. The van der Waals surface area contributed by atoms with Crippen molar-refractivity contribution in [2.45, 2.75) is 33.6 Å². The predicted octanol–water partition coefficient (Wildman–Crippen LogP) is 3.16. The number of nitrogens with zero attached hydrogens (tertiary/aromatic N) is 1. The zero-order valence-electron chi connectivity index (χ0n) is 10.2. The third kappa shape index (κ3) is 2.98. The van der Waals surface area contributed by atoms with Crippen LogP contribution in [0.4, 0.5) is 10.7 Å². The SMILES string of the molecule is CCCN(CCC)c1cc(N)c(C(C)=O)s1. The van der Waals surface area contributed by atoms with E-state index < -0.39 is 0 Å². The molecule has 1 aromatic rings. The first-order chi connectivity index (χ1) is 7.60. The lowest BCUT2D eigenvalue weighted by Gasteiger charge is -2.21. The Labute approximate surface area is 101 Å². The predicted molar refractivity (Wildman–Crippen MR) is 71.5 cm³/mol. The zero-order valence-corrected chi connectivity index (χ0v) is 11.1. The summed E-state index contributed by atoms with van der Waals surface area (Å²) in [4.78, 5) is 14.3. The van der Waals surface area contributed by atoms with Crippen molar-refractivity contribution < 1.29 is 4.79 Å². The number of nitrogens with two attached hydrogens (primary N) is 1. The molecule has 0 aliphatic rings. The number of anilines is 2. The van der Waals surface area contributed by atoms with Crippen molar-refractivity contribution in [2.75, 3.05) is 23.7 Å². The van der Waals surface area contributed by atoms with E-state index in [1.165, 1.54) is 11.3 Å². The Morgan fingerprint density at radius 1 is 1.38 bits per heavy atom. The molecule has 1 rings (SSSR count). The zero-order chi connectivity index (χ0) is 12.1. The molecule has 2 N–H and O–H groups in total.